The van der Waals surface area contributed by atoms with Crippen LogP contribution in [0.25, 0.3) is 0 Å². The van der Waals surface area contributed by atoms with Gasteiger partial charge < -0.3 is 15.3 Å². The van der Waals surface area contributed by atoms with E-state index >= 15 is 0 Å². The predicted octanol–water partition coefficient (Wildman–Crippen LogP) is 3.75. The number of hydrogen-bond donors (Lipinski definition) is 2. The number of rotatable bonds is 7. The monoisotopic (exact) mass is 320 g/mol. The first-order valence-corrected chi connectivity index (χ1v) is 8.36. The van der Waals surface area contributed by atoms with Crippen molar-refractivity contribution in [2.24, 2.45) is 5.41 Å². The van der Waals surface area contributed by atoms with Gasteiger partial charge in [0.15, 0.2) is 0 Å². The molecule has 1 atom stereocenters. The number of carbonyl (C=O) groups is 1. The molecule has 23 heavy (non-hydrogen) atoms. The van der Waals surface area contributed by atoms with E-state index in [-0.39, 0.29) is 17.6 Å². The van der Waals surface area contributed by atoms with Gasteiger partial charge in [-0.1, -0.05) is 52.0 Å². The third-order valence-corrected chi connectivity index (χ3v) is 3.98. The fraction of sp³-hybridized carbons (Fsp3) is 0.632. The Labute approximate surface area is 140 Å². The molecule has 0 heterocycles. The zero-order valence-corrected chi connectivity index (χ0v) is 15.4. The highest BCUT2D eigenvalue weighted by Crippen LogP contribution is 2.21. The van der Waals surface area contributed by atoms with Gasteiger partial charge in [-0.05, 0) is 35.8 Å². The fourth-order valence-electron chi connectivity index (χ4n) is 2.68. The molecule has 0 aromatic heterocycles. The molecule has 2 N–H and O–H groups in total. The smallest absolute Gasteiger partial charge is 0.317 e. The first-order chi connectivity index (χ1) is 10.6. The SMILES string of the molecule is CC(O)CC(C)(C)CNC(=O)N(C)Cc1ccc(C(C)C)cc1. The van der Waals surface area contributed by atoms with E-state index < -0.39 is 0 Å². The zero-order chi connectivity index (χ0) is 17.6. The molecule has 0 aliphatic heterocycles. The summed E-state index contributed by atoms with van der Waals surface area (Å²) in [5.41, 5.74) is 2.31. The molecule has 0 radical (unpaired) electrons. The van der Waals surface area contributed by atoms with Gasteiger partial charge in [0.2, 0.25) is 0 Å². The van der Waals surface area contributed by atoms with Crippen LogP contribution in [0.4, 0.5) is 4.79 Å². The molecule has 130 valence electrons. The highest BCUT2D eigenvalue weighted by atomic mass is 16.3. The summed E-state index contributed by atoms with van der Waals surface area (Å²) in [6.07, 6.45) is 0.298. The van der Waals surface area contributed by atoms with Gasteiger partial charge in [0.1, 0.15) is 0 Å². The topological polar surface area (TPSA) is 52.6 Å². The lowest BCUT2D eigenvalue weighted by Gasteiger charge is -2.28. The van der Waals surface area contributed by atoms with E-state index in [1.807, 2.05) is 13.8 Å². The van der Waals surface area contributed by atoms with E-state index in [2.05, 4.69) is 43.4 Å². The first kappa shape index (κ1) is 19.5. The summed E-state index contributed by atoms with van der Waals surface area (Å²) < 4.78 is 0. The molecule has 1 aromatic carbocycles. The molecule has 4 heteroatoms. The summed E-state index contributed by atoms with van der Waals surface area (Å²) in [7, 11) is 1.80. The standard InChI is InChI=1S/C19H32N2O2/c1-14(2)17-9-7-16(8-10-17)12-21(6)18(23)20-13-19(4,5)11-15(3)22/h7-10,14-15,22H,11-13H2,1-6H3,(H,20,23). The number of aliphatic hydroxyl groups excluding tert-OH is 1. The van der Waals surface area contributed by atoms with Gasteiger partial charge in [-0.15, -0.1) is 0 Å². The molecule has 1 aromatic rings. The number of amides is 2. The Morgan fingerprint density at radius 1 is 1.22 bits per heavy atom. The lowest BCUT2D eigenvalue weighted by atomic mass is 9.87. The maximum Gasteiger partial charge on any atom is 0.317 e. The van der Waals surface area contributed by atoms with E-state index in [0.29, 0.717) is 25.4 Å². The van der Waals surface area contributed by atoms with Crippen molar-refractivity contribution in [1.82, 2.24) is 10.2 Å². The number of benzene rings is 1. The summed E-state index contributed by atoms with van der Waals surface area (Å²) in [6, 6.07) is 8.32. The molecule has 1 unspecified atom stereocenters. The van der Waals surface area contributed by atoms with E-state index in [1.54, 1.807) is 18.9 Å². The van der Waals surface area contributed by atoms with Crippen LogP contribution in [0, 0.1) is 5.41 Å². The van der Waals surface area contributed by atoms with Crippen molar-refractivity contribution in [2.75, 3.05) is 13.6 Å². The summed E-state index contributed by atoms with van der Waals surface area (Å²) in [5.74, 6) is 0.515. The Morgan fingerprint density at radius 3 is 2.26 bits per heavy atom. The van der Waals surface area contributed by atoms with E-state index in [0.717, 1.165) is 5.56 Å². The Hall–Kier alpha value is -1.55. The van der Waals surface area contributed by atoms with Gasteiger partial charge >= 0.3 is 6.03 Å². The molecule has 0 saturated carbocycles. The van der Waals surface area contributed by atoms with Gasteiger partial charge in [-0.2, -0.15) is 0 Å². The van der Waals surface area contributed by atoms with Gasteiger partial charge in [0, 0.05) is 20.1 Å². The van der Waals surface area contributed by atoms with Gasteiger partial charge in [-0.25, -0.2) is 4.79 Å². The van der Waals surface area contributed by atoms with Crippen LogP contribution in [0.1, 0.15) is 58.1 Å². The molecule has 2 amide bonds. The molecule has 0 fully saturated rings. The number of aliphatic hydroxyl groups is 1. The maximum atomic E-state index is 12.2. The number of nitrogens with one attached hydrogen (secondary N) is 1. The second kappa shape index (κ2) is 8.34. The molecule has 0 aliphatic carbocycles. The molecule has 1 rings (SSSR count). The summed E-state index contributed by atoms with van der Waals surface area (Å²) in [6.45, 7) is 11.3. The van der Waals surface area contributed by atoms with Crippen LogP contribution in [0.15, 0.2) is 24.3 Å². The third-order valence-electron chi connectivity index (χ3n) is 3.98. The molecule has 0 bridgehead atoms. The molecular formula is C19H32N2O2. The number of carbonyl (C=O) groups excluding carboxylic acids is 1. The fourth-order valence-corrected chi connectivity index (χ4v) is 2.68. The van der Waals surface area contributed by atoms with Crippen LogP contribution in [0.2, 0.25) is 0 Å². The number of nitrogens with zero attached hydrogens (tertiary/aromatic N) is 1. The largest absolute Gasteiger partial charge is 0.393 e. The van der Waals surface area contributed by atoms with Crippen molar-refractivity contribution in [3.05, 3.63) is 35.4 Å². The Morgan fingerprint density at radius 2 is 1.78 bits per heavy atom. The second-order valence-corrected chi connectivity index (χ2v) is 7.63. The first-order valence-electron chi connectivity index (χ1n) is 8.36. The van der Waals surface area contributed by atoms with Crippen molar-refractivity contribution in [2.45, 2.75) is 59.6 Å². The van der Waals surface area contributed by atoms with Crippen molar-refractivity contribution in [1.29, 1.82) is 0 Å². The van der Waals surface area contributed by atoms with Gasteiger partial charge in [-0.3, -0.25) is 0 Å². The normalized spacial score (nSPS) is 13.0. The third kappa shape index (κ3) is 7.04. The summed E-state index contributed by atoms with van der Waals surface area (Å²) in [4.78, 5) is 13.9. The van der Waals surface area contributed by atoms with Crippen LogP contribution >= 0.6 is 0 Å². The lowest BCUT2D eigenvalue weighted by Crippen LogP contribution is -2.42. The Kier molecular flexibility index (Phi) is 7.07. The molecule has 0 aliphatic rings. The van der Waals surface area contributed by atoms with Crippen molar-refractivity contribution in [3.63, 3.8) is 0 Å². The minimum Gasteiger partial charge on any atom is -0.393 e. The van der Waals surface area contributed by atoms with Gasteiger partial charge in [0.25, 0.3) is 0 Å². The lowest BCUT2D eigenvalue weighted by molar-refractivity contribution is 0.127. The quantitative estimate of drug-likeness (QED) is 0.804. The van der Waals surface area contributed by atoms with Gasteiger partial charge in [0.05, 0.1) is 6.10 Å². The van der Waals surface area contributed by atoms with E-state index in [4.69, 9.17) is 0 Å². The van der Waals surface area contributed by atoms with Crippen LogP contribution in [-0.4, -0.2) is 35.7 Å². The molecular weight excluding hydrogens is 288 g/mol. The minimum absolute atomic E-state index is 0.0865. The summed E-state index contributed by atoms with van der Waals surface area (Å²) >= 11 is 0. The predicted molar refractivity (Wildman–Crippen MR) is 95.5 cm³/mol. The van der Waals surface area contributed by atoms with E-state index in [9.17, 15) is 9.90 Å². The van der Waals surface area contributed by atoms with Crippen molar-refractivity contribution >= 4 is 6.03 Å². The maximum absolute atomic E-state index is 12.2. The van der Waals surface area contributed by atoms with Crippen molar-refractivity contribution in [3.8, 4) is 0 Å². The Bertz CT molecular complexity index is 493. The molecule has 4 nitrogen and oxygen atoms in total. The Balaban J connectivity index is 2.50. The van der Waals surface area contributed by atoms with Crippen LogP contribution in [0.5, 0.6) is 0 Å². The van der Waals surface area contributed by atoms with Crippen LogP contribution in [-0.2, 0) is 6.54 Å². The molecule has 0 spiro atoms. The van der Waals surface area contributed by atoms with Crippen molar-refractivity contribution < 1.29 is 9.90 Å². The summed E-state index contributed by atoms with van der Waals surface area (Å²) in [5, 5.41) is 12.4. The highest BCUT2D eigenvalue weighted by Gasteiger charge is 2.22. The number of urea groups is 1. The number of hydrogen-bond acceptors (Lipinski definition) is 2. The van der Waals surface area contributed by atoms with Crippen LogP contribution in [0.3, 0.4) is 0 Å². The minimum atomic E-state index is -0.362. The average molecular weight is 320 g/mol. The van der Waals surface area contributed by atoms with E-state index in [1.165, 1.54) is 5.56 Å². The second-order valence-electron chi connectivity index (χ2n) is 7.63. The zero-order valence-electron chi connectivity index (χ0n) is 15.4. The highest BCUT2D eigenvalue weighted by molar-refractivity contribution is 5.73. The molecule has 0 saturated heterocycles. The average Bonchev–Trinajstić information content (AvgIpc) is 2.44. The van der Waals surface area contributed by atoms with Crippen LogP contribution < -0.4 is 5.32 Å².